The van der Waals surface area contributed by atoms with Crippen molar-refractivity contribution in [3.05, 3.63) is 102 Å². The topological polar surface area (TPSA) is 21.6 Å². The molecule has 0 fully saturated rings. The van der Waals surface area contributed by atoms with E-state index < -0.39 is 0 Å². The number of rotatable bonds is 7. The van der Waals surface area contributed by atoms with E-state index in [-0.39, 0.29) is 0 Å². The van der Waals surface area contributed by atoms with Gasteiger partial charge in [0.1, 0.15) is 0 Å². The van der Waals surface area contributed by atoms with E-state index in [0.29, 0.717) is 25.8 Å². The molecule has 1 heterocycles. The number of methoxy groups -OCH3 is 1. The van der Waals surface area contributed by atoms with Crippen molar-refractivity contribution in [2.75, 3.05) is 7.11 Å². The summed E-state index contributed by atoms with van der Waals surface area (Å²) in [5.41, 5.74) is 6.78. The van der Waals surface area contributed by atoms with Gasteiger partial charge >= 0.3 is 224 Å². The Kier molecular flexibility index (Phi) is 9.33. The molecule has 0 saturated heterocycles. The van der Waals surface area contributed by atoms with E-state index in [2.05, 4.69) is 85.0 Å². The van der Waals surface area contributed by atoms with E-state index in [1.54, 1.807) is 12.7 Å². The molecule has 0 bridgehead atoms. The predicted octanol–water partition coefficient (Wildman–Crippen LogP) is 8.04. The number of hydrogen-bond donors (Lipinski definition) is 0. The maximum absolute atomic E-state index is 5.92. The molecule has 2 atom stereocenters. The van der Waals surface area contributed by atoms with Gasteiger partial charge in [0.05, 0.1) is 0 Å². The Hall–Kier alpha value is -2.61. The van der Waals surface area contributed by atoms with Gasteiger partial charge in [-0.1, -0.05) is 6.08 Å². The standard InChI is InChI=1S/C34H39NOSe/c1-36-33-25-28(21-22-30(33)26-15-9-4-2-5-10-16-26)31-23-24-32(35-31)34(37-29-19-13-8-14-20-29)27-17-11-6-3-7-12-18-27/h2-4,6,8,13-14,16,18-22,25,32,34H,5,7,9-12,15,17,23-24H2,1H3. The molecule has 2 unspecified atom stereocenters. The molecular formula is C34H39NOSe. The van der Waals surface area contributed by atoms with Crippen molar-refractivity contribution in [1.29, 1.82) is 0 Å². The Morgan fingerprint density at radius 1 is 0.811 bits per heavy atom. The second-order valence-corrected chi connectivity index (χ2v) is 12.7. The Labute approximate surface area is 229 Å². The van der Waals surface area contributed by atoms with Gasteiger partial charge in [-0.05, 0) is 0 Å². The van der Waals surface area contributed by atoms with Crippen LogP contribution in [0.25, 0.3) is 5.57 Å². The van der Waals surface area contributed by atoms with Gasteiger partial charge in [-0.15, -0.1) is 0 Å². The van der Waals surface area contributed by atoms with Crippen LogP contribution in [0.4, 0.5) is 0 Å². The molecule has 0 saturated carbocycles. The zero-order valence-corrected chi connectivity index (χ0v) is 23.8. The molecule has 1 aliphatic heterocycles. The molecule has 0 aromatic heterocycles. The second kappa shape index (κ2) is 13.3. The maximum atomic E-state index is 5.92. The molecule has 2 aliphatic carbocycles. The van der Waals surface area contributed by atoms with E-state index in [4.69, 9.17) is 9.73 Å². The minimum atomic E-state index is 0.371. The molecule has 0 spiro atoms. The summed E-state index contributed by atoms with van der Waals surface area (Å²) >= 11 is 0.375. The summed E-state index contributed by atoms with van der Waals surface area (Å²) in [5.74, 6) is 0.985. The minimum absolute atomic E-state index is 0.371. The van der Waals surface area contributed by atoms with Crippen LogP contribution in [0.5, 0.6) is 5.75 Å². The third kappa shape index (κ3) is 6.83. The molecular weight excluding hydrogens is 517 g/mol. The summed E-state index contributed by atoms with van der Waals surface area (Å²) in [5, 5.41) is 0. The Bertz CT molecular complexity index is 1200. The molecule has 2 aromatic rings. The molecule has 3 aliphatic rings. The predicted molar refractivity (Wildman–Crippen MR) is 159 cm³/mol. The molecule has 192 valence electrons. The number of allylic oxidation sites excluding steroid dienone is 7. The molecule has 0 amide bonds. The number of hydrogen-bond acceptors (Lipinski definition) is 2. The van der Waals surface area contributed by atoms with Crippen LogP contribution in [0.3, 0.4) is 0 Å². The fourth-order valence-electron chi connectivity index (χ4n) is 5.62. The third-order valence-electron chi connectivity index (χ3n) is 7.58. The molecule has 2 nitrogen and oxygen atoms in total. The van der Waals surface area contributed by atoms with Crippen LogP contribution in [0, 0.1) is 0 Å². The van der Waals surface area contributed by atoms with Crippen molar-refractivity contribution in [1.82, 2.24) is 0 Å². The van der Waals surface area contributed by atoms with Crippen molar-refractivity contribution in [2.24, 2.45) is 4.99 Å². The molecule has 37 heavy (non-hydrogen) atoms. The number of aliphatic imine (C=N–C) groups is 1. The van der Waals surface area contributed by atoms with Gasteiger partial charge in [0.15, 0.2) is 0 Å². The summed E-state index contributed by atoms with van der Waals surface area (Å²) in [6.07, 6.45) is 25.5. The van der Waals surface area contributed by atoms with Crippen LogP contribution in [0.2, 0.25) is 4.82 Å². The molecule has 2 aromatic carbocycles. The van der Waals surface area contributed by atoms with Crippen molar-refractivity contribution in [3.8, 4) is 5.75 Å². The SMILES string of the molecule is COc1cc(C2=NC(C([Se]c3ccccc3)C3=CCCC=CCC3)CC2)ccc1C1=CCCC=CCC1. The summed E-state index contributed by atoms with van der Waals surface area (Å²) < 4.78 is 7.40. The van der Waals surface area contributed by atoms with E-state index in [0.717, 1.165) is 63.5 Å². The summed E-state index contributed by atoms with van der Waals surface area (Å²) in [6.45, 7) is 0. The van der Waals surface area contributed by atoms with Gasteiger partial charge in [-0.25, -0.2) is 0 Å². The Morgan fingerprint density at radius 2 is 1.57 bits per heavy atom. The van der Waals surface area contributed by atoms with Crippen LogP contribution in [-0.4, -0.2) is 33.8 Å². The average molecular weight is 557 g/mol. The van der Waals surface area contributed by atoms with Gasteiger partial charge in [-0.2, -0.15) is 0 Å². The van der Waals surface area contributed by atoms with Crippen molar-refractivity contribution in [2.45, 2.75) is 75.1 Å². The van der Waals surface area contributed by atoms with E-state index in [1.165, 1.54) is 33.3 Å². The van der Waals surface area contributed by atoms with Crippen molar-refractivity contribution >= 4 is 30.7 Å². The summed E-state index contributed by atoms with van der Waals surface area (Å²) in [6, 6.07) is 18.3. The molecule has 5 rings (SSSR count). The first-order chi connectivity index (χ1) is 18.3. The van der Waals surface area contributed by atoms with Crippen LogP contribution >= 0.6 is 0 Å². The average Bonchev–Trinajstić information content (AvgIpc) is 3.38. The first-order valence-electron chi connectivity index (χ1n) is 14.0. The molecule has 0 N–H and O–H groups in total. The molecule has 3 heteroatoms. The van der Waals surface area contributed by atoms with Crippen LogP contribution < -0.4 is 9.20 Å². The number of nitrogens with zero attached hydrogens (tertiary/aromatic N) is 1. The van der Waals surface area contributed by atoms with Crippen LogP contribution in [0.1, 0.15) is 75.3 Å². The van der Waals surface area contributed by atoms with Gasteiger partial charge in [0, 0.05) is 0 Å². The van der Waals surface area contributed by atoms with Gasteiger partial charge < -0.3 is 0 Å². The van der Waals surface area contributed by atoms with E-state index in [9.17, 15) is 0 Å². The first kappa shape index (κ1) is 26.0. The van der Waals surface area contributed by atoms with E-state index >= 15 is 0 Å². The monoisotopic (exact) mass is 557 g/mol. The number of ether oxygens (including phenoxy) is 1. The fourth-order valence-corrected chi connectivity index (χ4v) is 8.41. The Balaban J connectivity index is 1.40. The van der Waals surface area contributed by atoms with Crippen LogP contribution in [0.15, 0.2) is 95.6 Å². The van der Waals surface area contributed by atoms with E-state index in [1.807, 2.05) is 0 Å². The quantitative estimate of drug-likeness (QED) is 0.250. The number of benzene rings is 2. The summed E-state index contributed by atoms with van der Waals surface area (Å²) in [4.78, 5) is 5.96. The second-order valence-electron chi connectivity index (χ2n) is 10.1. The van der Waals surface area contributed by atoms with Gasteiger partial charge in [0.2, 0.25) is 0 Å². The first-order valence-corrected chi connectivity index (χ1v) is 15.8. The zero-order chi connectivity index (χ0) is 25.3. The van der Waals surface area contributed by atoms with Gasteiger partial charge in [0.25, 0.3) is 0 Å². The van der Waals surface area contributed by atoms with Crippen LogP contribution in [-0.2, 0) is 0 Å². The van der Waals surface area contributed by atoms with Gasteiger partial charge in [-0.3, -0.25) is 0 Å². The normalized spacial score (nSPS) is 21.1. The van der Waals surface area contributed by atoms with Crippen molar-refractivity contribution in [3.63, 3.8) is 0 Å². The zero-order valence-electron chi connectivity index (χ0n) is 22.1. The summed E-state index contributed by atoms with van der Waals surface area (Å²) in [7, 11) is 1.80. The molecule has 0 radical (unpaired) electrons. The fraction of sp³-hybridized carbons (Fsp3) is 0.382. The Morgan fingerprint density at radius 3 is 2.38 bits per heavy atom. The third-order valence-corrected chi connectivity index (χ3v) is 10.5. The van der Waals surface area contributed by atoms with Crippen molar-refractivity contribution < 1.29 is 4.74 Å².